The van der Waals surface area contributed by atoms with E-state index in [2.05, 4.69) is 25.9 Å². The molecule has 2 atom stereocenters. The molecule has 0 unspecified atom stereocenters. The fourth-order valence-electron chi connectivity index (χ4n) is 5.27. The Morgan fingerprint density at radius 2 is 1.83 bits per heavy atom. The molecule has 2 aliphatic rings. The van der Waals surface area contributed by atoms with Gasteiger partial charge in [-0.1, -0.05) is 11.6 Å². The monoisotopic (exact) mass is 686 g/mol. The minimum absolute atomic E-state index is 0.00833. The minimum atomic E-state index is -5.42. The number of ether oxygens (including phenoxy) is 1. The highest BCUT2D eigenvalue weighted by Gasteiger charge is 2.57. The molecular weight excluding hydrogens is 660 g/mol. The molecule has 4 amide bonds. The second kappa shape index (κ2) is 11.9. The van der Waals surface area contributed by atoms with Gasteiger partial charge in [0.1, 0.15) is 29.3 Å². The number of anilines is 1. The molecule has 11 nitrogen and oxygen atoms in total. The highest BCUT2D eigenvalue weighted by Crippen LogP contribution is 2.47. The number of nitrogens with zero attached hydrogens (tertiary/aromatic N) is 2. The number of carbonyl (C=O) groups is 3. The molecule has 4 aromatic rings. The van der Waals surface area contributed by atoms with E-state index >= 15 is 0 Å². The van der Waals surface area contributed by atoms with Crippen molar-refractivity contribution >= 4 is 46.0 Å². The average Bonchev–Trinajstić information content (AvgIpc) is 3.78. The fraction of sp³-hybridized carbons (Fsp3) is 0.281. The second-order valence-electron chi connectivity index (χ2n) is 11.9. The van der Waals surface area contributed by atoms with Crippen molar-refractivity contribution in [1.82, 2.24) is 20.6 Å². The third kappa shape index (κ3) is 6.06. The predicted molar refractivity (Wildman–Crippen MR) is 166 cm³/mol. The Morgan fingerprint density at radius 3 is 2.48 bits per heavy atom. The molecule has 0 bridgehead atoms. The van der Waals surface area contributed by atoms with E-state index < -0.39 is 53.1 Å². The summed E-state index contributed by atoms with van der Waals surface area (Å²) in [7, 11) is 0. The van der Waals surface area contributed by atoms with E-state index in [0.717, 1.165) is 31.0 Å². The number of aliphatic hydroxyl groups is 1. The van der Waals surface area contributed by atoms with Gasteiger partial charge in [-0.2, -0.15) is 13.2 Å². The van der Waals surface area contributed by atoms with Crippen molar-refractivity contribution in [2.75, 3.05) is 18.5 Å². The number of halogens is 5. The van der Waals surface area contributed by atoms with E-state index in [0.29, 0.717) is 5.39 Å². The Morgan fingerprint density at radius 1 is 1.12 bits per heavy atom. The lowest BCUT2D eigenvalue weighted by molar-refractivity contribution is -0.265. The molecule has 2 aromatic carbocycles. The molecule has 1 fully saturated rings. The first-order valence-corrected chi connectivity index (χ1v) is 15.0. The van der Waals surface area contributed by atoms with Crippen LogP contribution in [0.5, 0.6) is 5.75 Å². The summed E-state index contributed by atoms with van der Waals surface area (Å²) in [6, 6.07) is 8.92. The van der Waals surface area contributed by atoms with Crippen LogP contribution in [0, 0.1) is 5.82 Å². The molecule has 1 saturated carbocycles. The van der Waals surface area contributed by atoms with Gasteiger partial charge in [0.15, 0.2) is 0 Å². The van der Waals surface area contributed by atoms with Crippen LogP contribution in [-0.2, 0) is 15.8 Å². The van der Waals surface area contributed by atoms with Crippen LogP contribution in [0.1, 0.15) is 41.4 Å². The number of nitrogens with two attached hydrogens (primary N) is 1. The van der Waals surface area contributed by atoms with Crippen molar-refractivity contribution in [3.05, 3.63) is 82.4 Å². The molecule has 3 heterocycles. The lowest BCUT2D eigenvalue weighted by Crippen LogP contribution is -2.51. The van der Waals surface area contributed by atoms with Crippen LogP contribution in [0.2, 0.25) is 5.02 Å². The van der Waals surface area contributed by atoms with Crippen LogP contribution in [0.3, 0.4) is 0 Å². The van der Waals surface area contributed by atoms with Crippen LogP contribution in [-0.4, -0.2) is 58.3 Å². The summed E-state index contributed by atoms with van der Waals surface area (Å²) in [6.07, 6.45) is -2.47. The Hall–Kier alpha value is -5.02. The van der Waals surface area contributed by atoms with E-state index in [1.54, 1.807) is 0 Å². The number of aromatic nitrogens is 2. The molecule has 0 radical (unpaired) electrons. The highest BCUT2D eigenvalue weighted by molar-refractivity contribution is 6.31. The summed E-state index contributed by atoms with van der Waals surface area (Å²) in [6.45, 7) is -0.381. The normalized spacial score (nSPS) is 18.4. The maximum atomic E-state index is 14.8. The van der Waals surface area contributed by atoms with Crippen LogP contribution < -0.4 is 26.4 Å². The van der Waals surface area contributed by atoms with Gasteiger partial charge in [-0.25, -0.2) is 14.2 Å². The summed E-state index contributed by atoms with van der Waals surface area (Å²) in [5.41, 5.74) is -0.748. The molecule has 6 rings (SSSR count). The summed E-state index contributed by atoms with van der Waals surface area (Å²) < 4.78 is 63.8. The number of amides is 4. The number of fused-ring (bicyclic) bond motifs is 2. The molecule has 48 heavy (non-hydrogen) atoms. The number of hydrogen-bond acceptors (Lipinski definition) is 7. The summed E-state index contributed by atoms with van der Waals surface area (Å²) >= 11 is 6.09. The Labute approximate surface area is 274 Å². The number of carbonyl (C=O) groups excluding carboxylic acids is 3. The number of nitrogens with one attached hydrogen (secondary N) is 3. The molecule has 250 valence electrons. The van der Waals surface area contributed by atoms with Gasteiger partial charge in [0.25, 0.3) is 5.91 Å². The van der Waals surface area contributed by atoms with Gasteiger partial charge in [-0.3, -0.25) is 14.6 Å². The van der Waals surface area contributed by atoms with Crippen LogP contribution >= 0.6 is 11.6 Å². The Balaban J connectivity index is 1.38. The largest absolute Gasteiger partial charge is 0.489 e. The van der Waals surface area contributed by atoms with Crippen molar-refractivity contribution < 1.29 is 41.8 Å². The molecule has 6 N–H and O–H groups in total. The molecule has 1 aliphatic carbocycles. The summed E-state index contributed by atoms with van der Waals surface area (Å²) in [4.78, 5) is 46.6. The first-order valence-electron chi connectivity index (χ1n) is 14.6. The van der Waals surface area contributed by atoms with E-state index in [1.165, 1.54) is 43.5 Å². The number of rotatable bonds is 8. The molecule has 0 saturated heterocycles. The number of primary amides is 1. The van der Waals surface area contributed by atoms with Crippen molar-refractivity contribution in [3.8, 4) is 17.0 Å². The van der Waals surface area contributed by atoms with Gasteiger partial charge in [0.2, 0.25) is 11.5 Å². The molecule has 2 aromatic heterocycles. The number of benzene rings is 2. The quantitative estimate of drug-likeness (QED) is 0.168. The first-order chi connectivity index (χ1) is 22.6. The number of urea groups is 1. The standard InChI is InChI=1S/C32H27ClF4N6O5/c1-30(28(38)45)14-48-26-21(30)11-23(43-25(26)15-2-4-19(34)5-3-15)31(47,32(35,36)37)13-40-27(44)17-8-16-9-18(33)12-39-24(16)22(10-17)42-29(46)41-20-6-7-20/h2-5,8-12,20,47H,6-7,13-14H2,1H3,(H2,38,45)(H,40,44)(H2,41,42,46)/t30-,31-/m0/s1. The fourth-order valence-corrected chi connectivity index (χ4v) is 5.44. The maximum Gasteiger partial charge on any atom is 0.424 e. The van der Waals surface area contributed by atoms with Crippen molar-refractivity contribution in [3.63, 3.8) is 0 Å². The van der Waals surface area contributed by atoms with E-state index in [-0.39, 0.29) is 57.0 Å². The van der Waals surface area contributed by atoms with Gasteiger partial charge in [-0.15, -0.1) is 0 Å². The zero-order chi connectivity index (χ0) is 34.6. The number of alkyl halides is 3. The minimum Gasteiger partial charge on any atom is -0.489 e. The van der Waals surface area contributed by atoms with Crippen molar-refractivity contribution in [2.24, 2.45) is 5.73 Å². The Bertz CT molecular complexity index is 1970. The zero-order valence-corrected chi connectivity index (χ0v) is 25.8. The van der Waals surface area contributed by atoms with Crippen molar-refractivity contribution in [1.29, 1.82) is 0 Å². The first kappa shape index (κ1) is 32.9. The van der Waals surface area contributed by atoms with Gasteiger partial charge >= 0.3 is 12.2 Å². The lowest BCUT2D eigenvalue weighted by atomic mass is 9.81. The smallest absolute Gasteiger partial charge is 0.424 e. The van der Waals surface area contributed by atoms with E-state index in [4.69, 9.17) is 22.1 Å². The zero-order valence-electron chi connectivity index (χ0n) is 25.0. The van der Waals surface area contributed by atoms with Gasteiger partial charge in [-0.05, 0) is 68.3 Å². The van der Waals surface area contributed by atoms with Crippen molar-refractivity contribution in [2.45, 2.75) is 43.0 Å². The number of pyridine rings is 2. The SMILES string of the molecule is C[C@]1(C(N)=O)COc2c1cc([C@@](O)(CNC(=O)c1cc(NC(=O)NC3CC3)c3ncc(Cl)cc3c1)C(F)(F)F)nc2-c1ccc(F)cc1. The van der Waals surface area contributed by atoms with Crippen LogP contribution in [0.4, 0.5) is 28.0 Å². The predicted octanol–water partition coefficient (Wildman–Crippen LogP) is 4.69. The second-order valence-corrected chi connectivity index (χ2v) is 12.3. The van der Waals surface area contributed by atoms with E-state index in [1.807, 2.05) is 0 Å². The van der Waals surface area contributed by atoms with Gasteiger partial charge in [0.05, 0.1) is 28.5 Å². The molecule has 0 spiro atoms. The van der Waals surface area contributed by atoms with Crippen LogP contribution in [0.25, 0.3) is 22.2 Å². The summed E-state index contributed by atoms with van der Waals surface area (Å²) in [5.74, 6) is -2.64. The Kier molecular flexibility index (Phi) is 8.15. The maximum absolute atomic E-state index is 14.8. The molecular formula is C32H27ClF4N6O5. The van der Waals surface area contributed by atoms with Gasteiger partial charge in [0, 0.05) is 34.3 Å². The third-order valence-electron chi connectivity index (χ3n) is 8.30. The summed E-state index contributed by atoms with van der Waals surface area (Å²) in [5, 5.41) is 19.3. The van der Waals surface area contributed by atoms with Crippen LogP contribution in [0.15, 0.2) is 54.7 Å². The highest BCUT2D eigenvalue weighted by atomic mass is 35.5. The average molecular weight is 687 g/mol. The lowest BCUT2D eigenvalue weighted by Gasteiger charge is -2.31. The number of hydrogen-bond donors (Lipinski definition) is 5. The van der Waals surface area contributed by atoms with E-state index in [9.17, 15) is 37.1 Å². The molecule has 16 heteroatoms. The third-order valence-corrected chi connectivity index (χ3v) is 8.51. The van der Waals surface area contributed by atoms with Gasteiger partial charge < -0.3 is 31.5 Å². The molecule has 1 aliphatic heterocycles. The topological polar surface area (TPSA) is 169 Å².